The summed E-state index contributed by atoms with van der Waals surface area (Å²) in [4.78, 5) is 2.55. The van der Waals surface area contributed by atoms with Crippen LogP contribution in [-0.2, 0) is 10.8 Å². The van der Waals surface area contributed by atoms with Crippen LogP contribution < -0.4 is 4.90 Å². The van der Waals surface area contributed by atoms with Gasteiger partial charge in [0.15, 0.2) is 0 Å². The number of rotatable bonds is 4. The molecule has 0 aromatic heterocycles. The first-order chi connectivity index (χ1) is 24.5. The minimum Gasteiger partial charge on any atom is -0.310 e. The largest absolute Gasteiger partial charge is 0.310 e. The lowest BCUT2D eigenvalue weighted by atomic mass is 9.43. The van der Waals surface area contributed by atoms with E-state index in [0.717, 1.165) is 23.7 Å². The summed E-state index contributed by atoms with van der Waals surface area (Å²) >= 11 is 0. The number of anilines is 3. The number of hydrogen-bond acceptors (Lipinski definition) is 1. The Hall–Kier alpha value is -4.88. The summed E-state index contributed by atoms with van der Waals surface area (Å²) in [6.45, 7) is 4.79. The van der Waals surface area contributed by atoms with Crippen LogP contribution in [0.15, 0.2) is 140 Å². The second kappa shape index (κ2) is 10.3. The van der Waals surface area contributed by atoms with Gasteiger partial charge in [0.1, 0.15) is 0 Å². The lowest BCUT2D eigenvalue weighted by molar-refractivity contribution is -0.0399. The van der Waals surface area contributed by atoms with Crippen LogP contribution in [-0.4, -0.2) is 0 Å². The van der Waals surface area contributed by atoms with Crippen molar-refractivity contribution >= 4 is 17.1 Å². The summed E-state index contributed by atoms with van der Waals surface area (Å²) in [6.07, 6.45) is 7.06. The summed E-state index contributed by atoms with van der Waals surface area (Å²) < 4.78 is 0. The predicted molar refractivity (Wildman–Crippen MR) is 207 cm³/mol. The third-order valence-corrected chi connectivity index (χ3v) is 13.8. The fourth-order valence-corrected chi connectivity index (χ4v) is 12.0. The van der Waals surface area contributed by atoms with Crippen molar-refractivity contribution in [1.29, 1.82) is 0 Å². The van der Waals surface area contributed by atoms with Gasteiger partial charge in [-0.3, -0.25) is 0 Å². The zero-order valence-electron chi connectivity index (χ0n) is 29.1. The van der Waals surface area contributed by atoms with Crippen molar-refractivity contribution in [3.05, 3.63) is 162 Å². The first-order valence-corrected chi connectivity index (χ1v) is 18.9. The van der Waals surface area contributed by atoms with Gasteiger partial charge in [-0.1, -0.05) is 117 Å². The zero-order valence-corrected chi connectivity index (χ0v) is 29.1. The number of nitrogens with zero attached hydrogens (tertiary/aromatic N) is 1. The Kier molecular flexibility index (Phi) is 5.97. The highest BCUT2D eigenvalue weighted by atomic mass is 15.1. The van der Waals surface area contributed by atoms with Gasteiger partial charge in [0.25, 0.3) is 0 Å². The summed E-state index contributed by atoms with van der Waals surface area (Å²) in [5, 5.41) is 0. The molecule has 6 aromatic rings. The quantitative estimate of drug-likeness (QED) is 0.184. The standard InChI is InChI=1S/C49H43N/c1-48(2)44-17-8-6-15-40(44)42-21-19-38(29-46(42)48)50(37-14-10-13-34(28-37)33-11-4-3-5-12-33)39-20-22-43-41-16-7-9-18-45(41)49(47(43)30-39)35-24-31-23-32(26-35)27-36(49)25-31/h3-22,28-32,35-36H,23-27H2,1-2H3/t31-,32?,35-,36+,49?. The summed E-state index contributed by atoms with van der Waals surface area (Å²) in [5.41, 5.74) is 18.0. The molecule has 1 spiro atoms. The zero-order chi connectivity index (χ0) is 33.2. The average Bonchev–Trinajstić information content (AvgIpc) is 3.56. The number of hydrogen-bond donors (Lipinski definition) is 0. The molecule has 244 valence electrons. The summed E-state index contributed by atoms with van der Waals surface area (Å²) in [5.74, 6) is 3.34. The molecule has 12 rings (SSSR count). The Labute approximate surface area is 296 Å². The molecule has 1 heteroatoms. The predicted octanol–water partition coefficient (Wildman–Crippen LogP) is 12.9. The molecule has 4 bridgehead atoms. The summed E-state index contributed by atoms with van der Waals surface area (Å²) in [7, 11) is 0. The molecule has 6 aliphatic carbocycles. The van der Waals surface area contributed by atoms with Gasteiger partial charge in [0.05, 0.1) is 0 Å². The number of fused-ring (bicyclic) bond motifs is 6. The SMILES string of the molecule is CC1(C)c2ccccc2-c2ccc(N(c3cccc(-c4ccccc4)c3)c3ccc4c(c3)C3(c5ccccc5-4)[C@H]4CC5C[C@H](C4)C[C@H]3C5)cc21. The van der Waals surface area contributed by atoms with Gasteiger partial charge in [0, 0.05) is 27.9 Å². The van der Waals surface area contributed by atoms with Crippen LogP contribution in [0.25, 0.3) is 33.4 Å². The molecule has 0 atom stereocenters. The van der Waals surface area contributed by atoms with E-state index in [2.05, 4.69) is 158 Å². The molecule has 6 aliphatic rings. The van der Waals surface area contributed by atoms with E-state index in [1.54, 1.807) is 11.1 Å². The van der Waals surface area contributed by atoms with E-state index in [1.165, 1.54) is 93.7 Å². The Morgan fingerprint density at radius 3 is 1.64 bits per heavy atom. The van der Waals surface area contributed by atoms with E-state index in [9.17, 15) is 0 Å². The minimum atomic E-state index is -0.0660. The second-order valence-corrected chi connectivity index (χ2v) is 16.6. The Morgan fingerprint density at radius 1 is 0.420 bits per heavy atom. The van der Waals surface area contributed by atoms with Crippen molar-refractivity contribution in [2.45, 2.75) is 56.8 Å². The van der Waals surface area contributed by atoms with Crippen LogP contribution in [0, 0.1) is 23.7 Å². The third-order valence-electron chi connectivity index (χ3n) is 13.8. The van der Waals surface area contributed by atoms with Crippen LogP contribution in [0.4, 0.5) is 17.1 Å². The molecule has 6 aromatic carbocycles. The van der Waals surface area contributed by atoms with Crippen LogP contribution in [0.3, 0.4) is 0 Å². The smallest absolute Gasteiger partial charge is 0.0467 e. The molecule has 0 amide bonds. The van der Waals surface area contributed by atoms with Gasteiger partial charge in [-0.25, -0.2) is 0 Å². The van der Waals surface area contributed by atoms with Crippen molar-refractivity contribution in [2.24, 2.45) is 23.7 Å². The van der Waals surface area contributed by atoms with Gasteiger partial charge < -0.3 is 4.90 Å². The van der Waals surface area contributed by atoms with E-state index in [0.29, 0.717) is 0 Å². The monoisotopic (exact) mass is 645 g/mol. The van der Waals surface area contributed by atoms with Crippen LogP contribution in [0.1, 0.15) is 68.2 Å². The topological polar surface area (TPSA) is 3.24 Å². The minimum absolute atomic E-state index is 0.0660. The highest BCUT2D eigenvalue weighted by Crippen LogP contribution is 2.69. The van der Waals surface area contributed by atoms with Crippen molar-refractivity contribution in [1.82, 2.24) is 0 Å². The maximum Gasteiger partial charge on any atom is 0.0467 e. The fraction of sp³-hybridized carbons (Fsp3) is 0.265. The molecule has 4 fully saturated rings. The second-order valence-electron chi connectivity index (χ2n) is 16.6. The van der Waals surface area contributed by atoms with Crippen molar-refractivity contribution in [2.75, 3.05) is 4.90 Å². The molecule has 4 saturated carbocycles. The van der Waals surface area contributed by atoms with Crippen molar-refractivity contribution in [3.63, 3.8) is 0 Å². The van der Waals surface area contributed by atoms with Crippen molar-refractivity contribution in [3.8, 4) is 33.4 Å². The molecular weight excluding hydrogens is 603 g/mol. The fourth-order valence-electron chi connectivity index (χ4n) is 12.0. The molecule has 50 heavy (non-hydrogen) atoms. The first-order valence-electron chi connectivity index (χ1n) is 18.9. The first kappa shape index (κ1) is 28.9. The molecular formula is C49H43N. The average molecular weight is 646 g/mol. The van der Waals surface area contributed by atoms with E-state index in [1.807, 2.05) is 0 Å². The van der Waals surface area contributed by atoms with Gasteiger partial charge >= 0.3 is 0 Å². The lowest BCUT2D eigenvalue weighted by Crippen LogP contribution is -2.55. The van der Waals surface area contributed by atoms with Crippen LogP contribution in [0.5, 0.6) is 0 Å². The van der Waals surface area contributed by atoms with E-state index < -0.39 is 0 Å². The molecule has 0 heterocycles. The Bertz CT molecular complexity index is 2300. The maximum absolute atomic E-state index is 2.64. The maximum atomic E-state index is 2.64. The van der Waals surface area contributed by atoms with Crippen molar-refractivity contribution < 1.29 is 0 Å². The van der Waals surface area contributed by atoms with Gasteiger partial charge in [-0.15, -0.1) is 0 Å². The lowest BCUT2D eigenvalue weighted by Gasteiger charge is -2.61. The van der Waals surface area contributed by atoms with E-state index >= 15 is 0 Å². The normalized spacial score (nSPS) is 25.6. The Balaban J connectivity index is 1.13. The Morgan fingerprint density at radius 2 is 0.940 bits per heavy atom. The van der Waals surface area contributed by atoms with Gasteiger partial charge in [-0.2, -0.15) is 0 Å². The van der Waals surface area contributed by atoms with E-state index in [-0.39, 0.29) is 10.8 Å². The van der Waals surface area contributed by atoms with Crippen LogP contribution in [0.2, 0.25) is 0 Å². The molecule has 0 radical (unpaired) electrons. The van der Waals surface area contributed by atoms with Gasteiger partial charge in [0.2, 0.25) is 0 Å². The van der Waals surface area contributed by atoms with E-state index in [4.69, 9.17) is 0 Å². The number of benzene rings is 6. The molecule has 0 aliphatic heterocycles. The summed E-state index contributed by atoms with van der Waals surface area (Å²) in [6, 6.07) is 53.3. The van der Waals surface area contributed by atoms with Crippen LogP contribution >= 0.6 is 0 Å². The highest BCUT2D eigenvalue weighted by Gasteiger charge is 2.61. The highest BCUT2D eigenvalue weighted by molar-refractivity contribution is 5.89. The van der Waals surface area contributed by atoms with Gasteiger partial charge in [-0.05, 0) is 148 Å². The molecule has 1 nitrogen and oxygen atoms in total. The molecule has 0 saturated heterocycles. The third kappa shape index (κ3) is 3.84. The molecule has 0 unspecified atom stereocenters. The molecule has 0 N–H and O–H groups in total.